The van der Waals surface area contributed by atoms with Crippen LogP contribution in [0.5, 0.6) is 0 Å². The molecule has 0 aliphatic heterocycles. The first-order valence-electron chi connectivity index (χ1n) is 10.8. The van der Waals surface area contributed by atoms with E-state index in [1.807, 2.05) is 0 Å². The fourth-order valence-corrected chi connectivity index (χ4v) is 5.07. The van der Waals surface area contributed by atoms with Gasteiger partial charge in [0, 0.05) is 5.56 Å². The van der Waals surface area contributed by atoms with E-state index in [2.05, 4.69) is 6.92 Å². The lowest BCUT2D eigenvalue weighted by molar-refractivity contribution is -0.140. The molecular weight excluding hydrogens is 414 g/mol. The molecule has 2 aliphatic rings. The molecule has 2 aromatic carbocycles. The van der Waals surface area contributed by atoms with Crippen LogP contribution in [0.15, 0.2) is 24.3 Å². The van der Waals surface area contributed by atoms with Crippen molar-refractivity contribution in [3.63, 3.8) is 0 Å². The van der Waals surface area contributed by atoms with E-state index in [0.29, 0.717) is 11.5 Å². The summed E-state index contributed by atoms with van der Waals surface area (Å²) in [5, 5.41) is 0. The molecule has 0 radical (unpaired) electrons. The molecule has 4 rings (SSSR count). The number of allylic oxidation sites excluding steroid dienone is 1. The van der Waals surface area contributed by atoms with Crippen LogP contribution in [0.4, 0.5) is 26.3 Å². The Balaban J connectivity index is 1.58. The van der Waals surface area contributed by atoms with Crippen molar-refractivity contribution in [3.05, 3.63) is 69.5 Å². The highest BCUT2D eigenvalue weighted by molar-refractivity contribution is 5.89. The molecular formula is C25H24F6. The maximum Gasteiger partial charge on any atom is 0.419 e. The highest BCUT2D eigenvalue weighted by Crippen LogP contribution is 2.42. The molecule has 2 aliphatic carbocycles. The summed E-state index contributed by atoms with van der Waals surface area (Å²) >= 11 is 0. The fourth-order valence-electron chi connectivity index (χ4n) is 5.07. The van der Waals surface area contributed by atoms with Gasteiger partial charge in [0.15, 0.2) is 0 Å². The van der Waals surface area contributed by atoms with Crippen LogP contribution in [-0.2, 0) is 12.6 Å². The van der Waals surface area contributed by atoms with E-state index in [1.165, 1.54) is 24.6 Å². The van der Waals surface area contributed by atoms with E-state index in [4.69, 9.17) is 0 Å². The Hall–Kier alpha value is -2.24. The Labute approximate surface area is 178 Å². The van der Waals surface area contributed by atoms with Crippen LogP contribution in [-0.4, -0.2) is 0 Å². The zero-order valence-corrected chi connectivity index (χ0v) is 17.3. The van der Waals surface area contributed by atoms with Gasteiger partial charge < -0.3 is 0 Å². The summed E-state index contributed by atoms with van der Waals surface area (Å²) < 4.78 is 82.7. The first-order valence-corrected chi connectivity index (χ1v) is 10.8. The molecule has 0 bridgehead atoms. The highest BCUT2D eigenvalue weighted by atomic mass is 19.4. The zero-order chi connectivity index (χ0) is 22.3. The van der Waals surface area contributed by atoms with Crippen molar-refractivity contribution >= 4 is 11.6 Å². The quantitative estimate of drug-likeness (QED) is 0.421. The Morgan fingerprint density at radius 1 is 0.871 bits per heavy atom. The summed E-state index contributed by atoms with van der Waals surface area (Å²) in [4.78, 5) is 0. The molecule has 0 aromatic heterocycles. The van der Waals surface area contributed by atoms with E-state index in [1.54, 1.807) is 0 Å². The minimum absolute atomic E-state index is 0.0754. The van der Waals surface area contributed by atoms with Gasteiger partial charge in [-0.15, -0.1) is 0 Å². The standard InChI is InChI=1S/C25H24F6/c1-2-3-14-4-6-15(7-5-14)18-12-22(27)24(23(28)13-18)19-8-16-10-20(25(29,30)31)21(26)11-17(16)9-19/h9-15H,2-8H2,1H3. The average molecular weight is 438 g/mol. The van der Waals surface area contributed by atoms with E-state index >= 15 is 0 Å². The van der Waals surface area contributed by atoms with Gasteiger partial charge >= 0.3 is 6.18 Å². The van der Waals surface area contributed by atoms with Crippen molar-refractivity contribution in [3.8, 4) is 0 Å². The maximum absolute atomic E-state index is 15.0. The molecule has 0 atom stereocenters. The molecule has 0 N–H and O–H groups in total. The summed E-state index contributed by atoms with van der Waals surface area (Å²) in [6, 6.07) is 4.22. The molecule has 166 valence electrons. The van der Waals surface area contributed by atoms with Crippen molar-refractivity contribution in [1.29, 1.82) is 0 Å². The third-order valence-corrected chi connectivity index (χ3v) is 6.65. The van der Waals surface area contributed by atoms with Gasteiger partial charge in [0.25, 0.3) is 0 Å². The number of hydrogen-bond acceptors (Lipinski definition) is 0. The highest BCUT2D eigenvalue weighted by Gasteiger charge is 2.36. The average Bonchev–Trinajstić information content (AvgIpc) is 3.09. The first-order chi connectivity index (χ1) is 14.7. The number of alkyl halides is 3. The van der Waals surface area contributed by atoms with Crippen LogP contribution in [0.1, 0.15) is 79.2 Å². The third kappa shape index (κ3) is 4.39. The van der Waals surface area contributed by atoms with Gasteiger partial charge in [-0.1, -0.05) is 25.8 Å². The summed E-state index contributed by atoms with van der Waals surface area (Å²) in [5.41, 5.74) is -0.319. The van der Waals surface area contributed by atoms with Crippen molar-refractivity contribution in [2.75, 3.05) is 0 Å². The van der Waals surface area contributed by atoms with Crippen molar-refractivity contribution < 1.29 is 26.3 Å². The lowest BCUT2D eigenvalue weighted by atomic mass is 9.77. The number of fused-ring (bicyclic) bond motifs is 1. The minimum atomic E-state index is -4.82. The lowest BCUT2D eigenvalue weighted by Gasteiger charge is -2.29. The van der Waals surface area contributed by atoms with Gasteiger partial charge in [0.05, 0.1) is 5.56 Å². The Morgan fingerprint density at radius 2 is 1.52 bits per heavy atom. The van der Waals surface area contributed by atoms with Crippen LogP contribution >= 0.6 is 0 Å². The predicted molar refractivity (Wildman–Crippen MR) is 109 cm³/mol. The maximum atomic E-state index is 15.0. The first kappa shape index (κ1) is 22.0. The van der Waals surface area contributed by atoms with Gasteiger partial charge in [-0.2, -0.15) is 13.2 Å². The van der Waals surface area contributed by atoms with E-state index < -0.39 is 29.2 Å². The lowest BCUT2D eigenvalue weighted by Crippen LogP contribution is -2.14. The second-order valence-corrected chi connectivity index (χ2v) is 8.74. The van der Waals surface area contributed by atoms with Crippen LogP contribution in [0.2, 0.25) is 0 Å². The zero-order valence-electron chi connectivity index (χ0n) is 17.3. The fraction of sp³-hybridized carbons (Fsp3) is 0.440. The third-order valence-electron chi connectivity index (χ3n) is 6.65. The molecule has 0 nitrogen and oxygen atoms in total. The second kappa shape index (κ2) is 8.36. The minimum Gasteiger partial charge on any atom is -0.206 e. The topological polar surface area (TPSA) is 0 Å². The second-order valence-electron chi connectivity index (χ2n) is 8.74. The molecule has 6 heteroatoms. The molecule has 0 unspecified atom stereocenters. The molecule has 0 spiro atoms. The molecule has 0 amide bonds. The smallest absolute Gasteiger partial charge is 0.206 e. The van der Waals surface area contributed by atoms with Crippen LogP contribution in [0, 0.1) is 23.4 Å². The molecule has 1 saturated carbocycles. The van der Waals surface area contributed by atoms with Gasteiger partial charge in [-0.3, -0.25) is 0 Å². The number of benzene rings is 2. The van der Waals surface area contributed by atoms with Crippen LogP contribution in [0.25, 0.3) is 11.6 Å². The largest absolute Gasteiger partial charge is 0.419 e. The molecule has 0 heterocycles. The summed E-state index contributed by atoms with van der Waals surface area (Å²) in [7, 11) is 0. The van der Waals surface area contributed by atoms with Crippen molar-refractivity contribution in [2.45, 2.75) is 64.0 Å². The van der Waals surface area contributed by atoms with Crippen LogP contribution < -0.4 is 0 Å². The molecule has 2 aromatic rings. The predicted octanol–water partition coefficient (Wildman–Crippen LogP) is 8.29. The SMILES string of the molecule is CCCC1CCC(c2cc(F)c(C3=Cc4cc(F)c(C(F)(F)F)cc4C3)c(F)c2)CC1. The molecule has 31 heavy (non-hydrogen) atoms. The van der Waals surface area contributed by atoms with Gasteiger partial charge in [0.1, 0.15) is 17.5 Å². The van der Waals surface area contributed by atoms with E-state index in [9.17, 15) is 26.3 Å². The van der Waals surface area contributed by atoms with Gasteiger partial charge in [-0.25, -0.2) is 13.2 Å². The van der Waals surface area contributed by atoms with E-state index in [0.717, 1.165) is 44.2 Å². The number of hydrogen-bond donors (Lipinski definition) is 0. The number of halogens is 6. The van der Waals surface area contributed by atoms with Crippen LogP contribution in [0.3, 0.4) is 0 Å². The molecule has 1 fully saturated rings. The van der Waals surface area contributed by atoms with Crippen molar-refractivity contribution in [2.24, 2.45) is 5.92 Å². The molecule has 0 saturated heterocycles. The van der Waals surface area contributed by atoms with Crippen molar-refractivity contribution in [1.82, 2.24) is 0 Å². The summed E-state index contributed by atoms with van der Waals surface area (Å²) in [5.74, 6) is -2.04. The summed E-state index contributed by atoms with van der Waals surface area (Å²) in [6.07, 6.45) is 2.69. The number of rotatable bonds is 4. The Kier molecular flexibility index (Phi) is 5.93. The van der Waals surface area contributed by atoms with Gasteiger partial charge in [0.2, 0.25) is 0 Å². The summed E-state index contributed by atoms with van der Waals surface area (Å²) in [6.45, 7) is 2.16. The van der Waals surface area contributed by atoms with E-state index in [-0.39, 0.29) is 34.6 Å². The Morgan fingerprint density at radius 3 is 2.10 bits per heavy atom. The Bertz CT molecular complexity index is 986. The normalized spacial score (nSPS) is 21.2. The monoisotopic (exact) mass is 438 g/mol. The van der Waals surface area contributed by atoms with Gasteiger partial charge in [-0.05, 0) is 90.5 Å².